The number of ether oxygens (including phenoxy) is 1. The van der Waals surface area contributed by atoms with Crippen LogP contribution in [0.25, 0.3) is 10.7 Å². The van der Waals surface area contributed by atoms with Gasteiger partial charge in [0, 0.05) is 19.3 Å². The number of esters is 1. The minimum atomic E-state index is -0.440. The number of nitrogens with zero attached hydrogens (tertiary/aromatic N) is 3. The fourth-order valence-electron chi connectivity index (χ4n) is 3.50. The summed E-state index contributed by atoms with van der Waals surface area (Å²) in [6.07, 6.45) is 3.91. The summed E-state index contributed by atoms with van der Waals surface area (Å²) in [7, 11) is 1.34. The van der Waals surface area contributed by atoms with Crippen LogP contribution in [-0.2, 0) is 4.74 Å². The third kappa shape index (κ3) is 4.04. The van der Waals surface area contributed by atoms with Crippen molar-refractivity contribution in [1.82, 2.24) is 9.97 Å². The maximum Gasteiger partial charge on any atom is 0.337 e. The number of aryl methyl sites for hydroxylation is 1. The minimum absolute atomic E-state index is 0.255. The monoisotopic (exact) mass is 422 g/mol. The molecule has 154 valence electrons. The van der Waals surface area contributed by atoms with E-state index in [1.54, 1.807) is 18.3 Å². The van der Waals surface area contributed by atoms with Crippen molar-refractivity contribution in [2.24, 2.45) is 0 Å². The van der Waals surface area contributed by atoms with Gasteiger partial charge in [-0.15, -0.1) is 11.3 Å². The van der Waals surface area contributed by atoms with Crippen LogP contribution in [0, 0.1) is 6.92 Å². The largest absolute Gasteiger partial charge is 0.465 e. The van der Waals surface area contributed by atoms with Gasteiger partial charge < -0.3 is 15.0 Å². The fraction of sp³-hybridized carbons (Fsp3) is 0.273. The molecule has 3 heterocycles. The maximum absolute atomic E-state index is 13.1. The summed E-state index contributed by atoms with van der Waals surface area (Å²) >= 11 is 1.30. The molecule has 1 amide bonds. The highest BCUT2D eigenvalue weighted by molar-refractivity contribution is 7.17. The molecule has 0 aliphatic carbocycles. The molecule has 0 spiro atoms. The van der Waals surface area contributed by atoms with Crippen LogP contribution < -0.4 is 10.2 Å². The van der Waals surface area contributed by atoms with Crippen LogP contribution >= 0.6 is 11.3 Å². The van der Waals surface area contributed by atoms with Crippen molar-refractivity contribution in [3.8, 4) is 10.7 Å². The number of amides is 1. The van der Waals surface area contributed by atoms with E-state index in [2.05, 4.69) is 20.2 Å². The molecule has 8 heteroatoms. The first-order valence-corrected chi connectivity index (χ1v) is 10.6. The SMILES string of the molecule is COC(=O)c1ccc(N2CCCC2)c(NC(=O)c2sc(-c3ccccn3)nc2C)c1. The zero-order valence-corrected chi connectivity index (χ0v) is 17.7. The highest BCUT2D eigenvalue weighted by Crippen LogP contribution is 2.32. The maximum atomic E-state index is 13.1. The lowest BCUT2D eigenvalue weighted by molar-refractivity contribution is 0.0600. The minimum Gasteiger partial charge on any atom is -0.465 e. The molecule has 0 radical (unpaired) electrons. The van der Waals surface area contributed by atoms with Crippen molar-refractivity contribution < 1.29 is 14.3 Å². The number of carbonyl (C=O) groups is 2. The lowest BCUT2D eigenvalue weighted by Gasteiger charge is -2.22. The first kappa shape index (κ1) is 20.0. The number of benzene rings is 1. The summed E-state index contributed by atoms with van der Waals surface area (Å²) in [5.74, 6) is -0.695. The van der Waals surface area contributed by atoms with Gasteiger partial charge in [0.2, 0.25) is 0 Å². The van der Waals surface area contributed by atoms with Crippen LogP contribution in [-0.4, -0.2) is 42.0 Å². The molecule has 7 nitrogen and oxygen atoms in total. The molecule has 1 aliphatic rings. The zero-order valence-electron chi connectivity index (χ0n) is 16.8. The van der Waals surface area contributed by atoms with Crippen LogP contribution in [0.4, 0.5) is 11.4 Å². The predicted molar refractivity (Wildman–Crippen MR) is 117 cm³/mol. The summed E-state index contributed by atoms with van der Waals surface area (Å²) < 4.78 is 4.84. The van der Waals surface area contributed by atoms with Gasteiger partial charge in [-0.2, -0.15) is 0 Å². The molecular formula is C22H22N4O3S. The van der Waals surface area contributed by atoms with Crippen molar-refractivity contribution in [2.45, 2.75) is 19.8 Å². The van der Waals surface area contributed by atoms with Crippen molar-refractivity contribution in [1.29, 1.82) is 0 Å². The summed E-state index contributed by atoms with van der Waals surface area (Å²) in [4.78, 5) is 36.7. The number of aromatic nitrogens is 2. The van der Waals surface area contributed by atoms with E-state index in [1.807, 2.05) is 31.2 Å². The third-order valence-corrected chi connectivity index (χ3v) is 6.18. The number of thiazole rings is 1. The second-order valence-corrected chi connectivity index (χ2v) is 8.02. The number of carbonyl (C=O) groups excluding carboxylic acids is 2. The molecule has 0 bridgehead atoms. The second-order valence-electron chi connectivity index (χ2n) is 7.02. The van der Waals surface area contributed by atoms with E-state index < -0.39 is 5.97 Å². The molecule has 0 saturated carbocycles. The van der Waals surface area contributed by atoms with Crippen molar-refractivity contribution in [3.05, 3.63) is 58.7 Å². The number of anilines is 2. The van der Waals surface area contributed by atoms with Crippen LogP contribution in [0.2, 0.25) is 0 Å². The predicted octanol–water partition coefficient (Wildman–Crippen LogP) is 4.15. The van der Waals surface area contributed by atoms with Crippen LogP contribution in [0.15, 0.2) is 42.6 Å². The quantitative estimate of drug-likeness (QED) is 0.622. The summed E-state index contributed by atoms with van der Waals surface area (Å²) in [5, 5.41) is 3.69. The van der Waals surface area contributed by atoms with Gasteiger partial charge in [0.25, 0.3) is 5.91 Å². The first-order valence-electron chi connectivity index (χ1n) is 9.74. The molecule has 1 N–H and O–H groups in total. The first-order chi connectivity index (χ1) is 14.6. The molecule has 1 aliphatic heterocycles. The standard InChI is InChI=1S/C22H22N4O3S/c1-14-19(30-21(24-14)16-7-3-4-10-23-16)20(27)25-17-13-15(22(28)29-2)8-9-18(17)26-11-5-6-12-26/h3-4,7-10,13H,5-6,11-12H2,1-2H3,(H,25,27). The van der Waals surface area contributed by atoms with E-state index in [-0.39, 0.29) is 5.91 Å². The van der Waals surface area contributed by atoms with E-state index >= 15 is 0 Å². The topological polar surface area (TPSA) is 84.4 Å². The highest BCUT2D eigenvalue weighted by atomic mass is 32.1. The number of rotatable bonds is 5. The number of hydrogen-bond donors (Lipinski definition) is 1. The Balaban J connectivity index is 1.65. The zero-order chi connectivity index (χ0) is 21.1. The average Bonchev–Trinajstić information content (AvgIpc) is 3.44. The Hall–Kier alpha value is -3.26. The molecule has 1 saturated heterocycles. The number of hydrogen-bond acceptors (Lipinski definition) is 7. The molecule has 4 rings (SSSR count). The van der Waals surface area contributed by atoms with E-state index in [9.17, 15) is 9.59 Å². The van der Waals surface area contributed by atoms with Crippen LogP contribution in [0.1, 0.15) is 38.6 Å². The number of methoxy groups -OCH3 is 1. The average molecular weight is 423 g/mol. The molecule has 2 aromatic heterocycles. The summed E-state index contributed by atoms with van der Waals surface area (Å²) in [6.45, 7) is 3.65. The Morgan fingerprint density at radius 2 is 1.97 bits per heavy atom. The van der Waals surface area contributed by atoms with Crippen molar-refractivity contribution in [2.75, 3.05) is 30.4 Å². The third-order valence-electron chi connectivity index (χ3n) is 5.00. The van der Waals surface area contributed by atoms with Gasteiger partial charge >= 0.3 is 5.97 Å². The molecule has 0 atom stereocenters. The molecule has 0 unspecified atom stereocenters. The van der Waals surface area contributed by atoms with E-state index in [4.69, 9.17) is 4.74 Å². The van der Waals surface area contributed by atoms with Gasteiger partial charge in [-0.05, 0) is 50.1 Å². The van der Waals surface area contributed by atoms with Gasteiger partial charge in [-0.3, -0.25) is 9.78 Å². The normalized spacial score (nSPS) is 13.3. The molecule has 3 aromatic rings. The molecule has 30 heavy (non-hydrogen) atoms. The smallest absolute Gasteiger partial charge is 0.337 e. The Kier molecular flexibility index (Phi) is 5.76. The second kappa shape index (κ2) is 8.62. The Morgan fingerprint density at radius 1 is 1.17 bits per heavy atom. The molecular weight excluding hydrogens is 400 g/mol. The van der Waals surface area contributed by atoms with E-state index in [1.165, 1.54) is 18.4 Å². The van der Waals surface area contributed by atoms with Gasteiger partial charge in [-0.25, -0.2) is 9.78 Å². The Morgan fingerprint density at radius 3 is 2.67 bits per heavy atom. The lowest BCUT2D eigenvalue weighted by atomic mass is 10.1. The van der Waals surface area contributed by atoms with E-state index in [0.717, 1.165) is 37.3 Å². The van der Waals surface area contributed by atoms with Crippen LogP contribution in [0.5, 0.6) is 0 Å². The molecule has 1 fully saturated rings. The van der Waals surface area contributed by atoms with Crippen LogP contribution in [0.3, 0.4) is 0 Å². The highest BCUT2D eigenvalue weighted by Gasteiger charge is 2.22. The van der Waals surface area contributed by atoms with Crippen molar-refractivity contribution >= 4 is 34.6 Å². The van der Waals surface area contributed by atoms with Gasteiger partial charge in [-0.1, -0.05) is 6.07 Å². The van der Waals surface area contributed by atoms with Gasteiger partial charge in [0.15, 0.2) is 0 Å². The lowest BCUT2D eigenvalue weighted by Crippen LogP contribution is -2.21. The number of pyridine rings is 1. The summed E-state index contributed by atoms with van der Waals surface area (Å²) in [6, 6.07) is 10.9. The fourth-order valence-corrected chi connectivity index (χ4v) is 4.44. The van der Waals surface area contributed by atoms with Gasteiger partial charge in [0.1, 0.15) is 9.88 Å². The Bertz CT molecular complexity index is 1080. The van der Waals surface area contributed by atoms with Crippen molar-refractivity contribution in [3.63, 3.8) is 0 Å². The van der Waals surface area contributed by atoms with Gasteiger partial charge in [0.05, 0.1) is 35.4 Å². The Labute approximate surface area is 178 Å². The van der Waals surface area contributed by atoms with E-state index in [0.29, 0.717) is 26.8 Å². The number of nitrogens with one attached hydrogen (secondary N) is 1. The summed E-state index contributed by atoms with van der Waals surface area (Å²) in [5.41, 5.74) is 3.27. The molecule has 1 aromatic carbocycles.